The van der Waals surface area contributed by atoms with Crippen LogP contribution in [0, 0.1) is 5.82 Å². The smallest absolute Gasteiger partial charge is 0.379 e. The lowest BCUT2D eigenvalue weighted by molar-refractivity contribution is -0.206. The second-order valence-electron chi connectivity index (χ2n) is 5.99. The molecule has 1 unspecified atom stereocenters. The van der Waals surface area contributed by atoms with Gasteiger partial charge in [0.1, 0.15) is 5.82 Å². The Labute approximate surface area is 158 Å². The summed E-state index contributed by atoms with van der Waals surface area (Å²) in [6.07, 6.45) is -4.13. The lowest BCUT2D eigenvalue weighted by Gasteiger charge is -2.19. The van der Waals surface area contributed by atoms with Crippen molar-refractivity contribution in [3.05, 3.63) is 72.3 Å². The normalized spacial score (nSPS) is 12.5. The lowest BCUT2D eigenvalue weighted by atomic mass is 10.1. The maximum Gasteiger partial charge on any atom is 0.418 e. The van der Waals surface area contributed by atoms with E-state index in [0.717, 1.165) is 5.69 Å². The summed E-state index contributed by atoms with van der Waals surface area (Å²) in [4.78, 5) is 10.1. The number of alkyl halides is 3. The van der Waals surface area contributed by atoms with E-state index >= 15 is 0 Å². The average molecular weight is 392 g/mol. The molecule has 0 bridgehead atoms. The number of hydrogen-bond acceptors (Lipinski definition) is 5. The number of benzene rings is 2. The lowest BCUT2D eigenvalue weighted by Crippen LogP contribution is -2.20. The van der Waals surface area contributed by atoms with Gasteiger partial charge in [0.05, 0.1) is 18.1 Å². The van der Waals surface area contributed by atoms with Crippen molar-refractivity contribution in [1.29, 1.82) is 0 Å². The van der Waals surface area contributed by atoms with Crippen LogP contribution in [0.15, 0.2) is 60.9 Å². The van der Waals surface area contributed by atoms with E-state index in [4.69, 9.17) is 0 Å². The highest BCUT2D eigenvalue weighted by Crippen LogP contribution is 2.33. The maximum absolute atomic E-state index is 13.0. The third kappa shape index (κ3) is 4.55. The van der Waals surface area contributed by atoms with E-state index in [1.165, 1.54) is 36.4 Å². The summed E-state index contributed by atoms with van der Waals surface area (Å²) >= 11 is 0. The molecule has 3 rings (SSSR count). The van der Waals surface area contributed by atoms with Crippen LogP contribution in [0.1, 0.15) is 11.7 Å². The Kier molecular flexibility index (Phi) is 5.46. The number of rotatable bonds is 5. The van der Waals surface area contributed by atoms with Gasteiger partial charge in [-0.1, -0.05) is 12.1 Å². The van der Waals surface area contributed by atoms with E-state index < -0.39 is 12.3 Å². The zero-order valence-electron chi connectivity index (χ0n) is 14.7. The first kappa shape index (κ1) is 19.6. The molecule has 0 fully saturated rings. The van der Waals surface area contributed by atoms with Crippen LogP contribution in [-0.4, -0.2) is 28.3 Å². The van der Waals surface area contributed by atoms with Crippen LogP contribution in [0.4, 0.5) is 40.6 Å². The molecule has 5 nitrogen and oxygen atoms in total. The van der Waals surface area contributed by atoms with Crippen LogP contribution in [-0.2, 0) is 0 Å². The molecule has 0 saturated carbocycles. The molecule has 0 saturated heterocycles. The zero-order valence-corrected chi connectivity index (χ0v) is 14.7. The molecular formula is C19H16F4N4O. The van der Waals surface area contributed by atoms with Gasteiger partial charge >= 0.3 is 6.18 Å². The molecule has 0 spiro atoms. The minimum Gasteiger partial charge on any atom is -0.379 e. The highest BCUT2D eigenvalue weighted by molar-refractivity contribution is 5.62. The first-order valence-electron chi connectivity index (χ1n) is 8.17. The summed E-state index contributed by atoms with van der Waals surface area (Å²) in [5.74, 6) is -0.0814. The van der Waals surface area contributed by atoms with Crippen LogP contribution in [0.2, 0.25) is 0 Å². The largest absolute Gasteiger partial charge is 0.418 e. The van der Waals surface area contributed by atoms with Gasteiger partial charge in [0.15, 0.2) is 6.10 Å². The Bertz CT molecular complexity index is 913. The molecule has 1 heterocycles. The van der Waals surface area contributed by atoms with E-state index in [-0.39, 0.29) is 17.3 Å². The highest BCUT2D eigenvalue weighted by Gasteiger charge is 2.39. The molecule has 3 aromatic rings. The summed E-state index contributed by atoms with van der Waals surface area (Å²) in [5.41, 5.74) is 1.64. The Morgan fingerprint density at radius 3 is 2.04 bits per heavy atom. The summed E-state index contributed by atoms with van der Waals surface area (Å²) in [6, 6.07) is 11.1. The molecule has 146 valence electrons. The molecule has 0 radical (unpaired) electrons. The van der Waals surface area contributed by atoms with Gasteiger partial charge in [0, 0.05) is 18.4 Å². The van der Waals surface area contributed by atoms with Crippen LogP contribution < -0.4 is 10.2 Å². The van der Waals surface area contributed by atoms with E-state index in [1.807, 2.05) is 0 Å². The van der Waals surface area contributed by atoms with Crippen molar-refractivity contribution in [3.8, 4) is 0 Å². The molecule has 28 heavy (non-hydrogen) atoms. The number of nitrogens with zero attached hydrogens (tertiary/aromatic N) is 3. The van der Waals surface area contributed by atoms with E-state index in [1.54, 1.807) is 36.5 Å². The summed E-state index contributed by atoms with van der Waals surface area (Å²) < 4.78 is 50.6. The summed E-state index contributed by atoms with van der Waals surface area (Å²) in [7, 11) is 1.78. The van der Waals surface area contributed by atoms with Crippen molar-refractivity contribution >= 4 is 23.0 Å². The minimum absolute atomic E-state index is 0.250. The topological polar surface area (TPSA) is 61.3 Å². The fourth-order valence-electron chi connectivity index (χ4n) is 2.44. The van der Waals surface area contributed by atoms with Gasteiger partial charge in [0.25, 0.3) is 0 Å². The van der Waals surface area contributed by atoms with Crippen molar-refractivity contribution in [2.24, 2.45) is 0 Å². The second kappa shape index (κ2) is 7.81. The third-order valence-corrected chi connectivity index (χ3v) is 4.03. The zero-order chi connectivity index (χ0) is 20.3. The Hall–Kier alpha value is -3.20. The van der Waals surface area contributed by atoms with Crippen molar-refractivity contribution in [1.82, 2.24) is 9.97 Å². The van der Waals surface area contributed by atoms with Crippen LogP contribution in [0.3, 0.4) is 0 Å². The van der Waals surface area contributed by atoms with Crippen LogP contribution >= 0.6 is 0 Å². The van der Waals surface area contributed by atoms with Crippen molar-refractivity contribution in [2.45, 2.75) is 12.3 Å². The van der Waals surface area contributed by atoms with Gasteiger partial charge in [-0.05, 0) is 42.0 Å². The van der Waals surface area contributed by atoms with Gasteiger partial charge in [-0.15, -0.1) is 0 Å². The van der Waals surface area contributed by atoms with Crippen molar-refractivity contribution in [3.63, 3.8) is 0 Å². The Morgan fingerprint density at radius 1 is 0.929 bits per heavy atom. The molecular weight excluding hydrogens is 376 g/mol. The van der Waals surface area contributed by atoms with Crippen molar-refractivity contribution < 1.29 is 22.7 Å². The Morgan fingerprint density at radius 2 is 1.50 bits per heavy atom. The van der Waals surface area contributed by atoms with Gasteiger partial charge in [0.2, 0.25) is 5.95 Å². The van der Waals surface area contributed by atoms with E-state index in [2.05, 4.69) is 15.3 Å². The number of nitrogens with one attached hydrogen (secondary N) is 1. The van der Waals surface area contributed by atoms with Gasteiger partial charge in [-0.25, -0.2) is 14.4 Å². The van der Waals surface area contributed by atoms with E-state index in [9.17, 15) is 22.7 Å². The quantitative estimate of drug-likeness (QED) is 0.615. The first-order valence-corrected chi connectivity index (χ1v) is 8.17. The molecule has 0 amide bonds. The maximum atomic E-state index is 13.0. The summed E-state index contributed by atoms with van der Waals surface area (Å²) in [5, 5.41) is 12.1. The first-order chi connectivity index (χ1) is 13.2. The number of aromatic nitrogens is 2. The Balaban J connectivity index is 1.68. The third-order valence-electron chi connectivity index (χ3n) is 4.03. The molecule has 1 atom stereocenters. The average Bonchev–Trinajstić information content (AvgIpc) is 2.68. The number of halogens is 4. The fraction of sp³-hybridized carbons (Fsp3) is 0.158. The number of anilines is 4. The molecule has 1 aromatic heterocycles. The highest BCUT2D eigenvalue weighted by atomic mass is 19.4. The monoisotopic (exact) mass is 392 g/mol. The molecule has 0 aliphatic carbocycles. The fourth-order valence-corrected chi connectivity index (χ4v) is 2.44. The number of aliphatic hydroxyl groups is 1. The van der Waals surface area contributed by atoms with Crippen LogP contribution in [0.5, 0.6) is 0 Å². The molecule has 9 heteroatoms. The van der Waals surface area contributed by atoms with Gasteiger partial charge in [-0.3, -0.25) is 0 Å². The predicted octanol–water partition coefficient (Wildman–Crippen LogP) is 4.72. The van der Waals surface area contributed by atoms with Gasteiger partial charge in [-0.2, -0.15) is 13.2 Å². The SMILES string of the molecule is CN(c1ccc(F)cc1)c1cnc(Nc2ccc(C(O)C(F)(F)F)cc2)nc1. The molecule has 0 aliphatic rings. The van der Waals surface area contributed by atoms with Crippen molar-refractivity contribution in [2.75, 3.05) is 17.3 Å². The van der Waals surface area contributed by atoms with Gasteiger partial charge < -0.3 is 15.3 Å². The molecule has 2 aromatic carbocycles. The number of hydrogen-bond donors (Lipinski definition) is 2. The molecule has 2 N–H and O–H groups in total. The van der Waals surface area contributed by atoms with E-state index in [0.29, 0.717) is 11.4 Å². The minimum atomic E-state index is -4.72. The molecule has 0 aliphatic heterocycles. The predicted molar refractivity (Wildman–Crippen MR) is 97.2 cm³/mol. The number of aliphatic hydroxyl groups excluding tert-OH is 1. The van der Waals surface area contributed by atoms with Crippen LogP contribution in [0.25, 0.3) is 0 Å². The standard InChI is InChI=1S/C19H16F4N4O/c1-27(15-8-4-13(20)5-9-15)16-10-24-18(25-11-16)26-14-6-2-12(3-7-14)17(28)19(21,22)23/h2-11,17,28H,1H3,(H,24,25,26). The second-order valence-corrected chi connectivity index (χ2v) is 5.99. The summed E-state index contributed by atoms with van der Waals surface area (Å²) in [6.45, 7) is 0.